The molecule has 0 bridgehead atoms. The number of hydrogen-bond acceptors (Lipinski definition) is 6. The number of aliphatic hydroxyl groups is 1. The monoisotopic (exact) mass is 424 g/mol. The molecule has 8 nitrogen and oxygen atoms in total. The molecule has 154 valence electrons. The molecule has 3 heterocycles. The maximum Gasteiger partial charge on any atom is 0.280 e. The van der Waals surface area contributed by atoms with Crippen LogP contribution >= 0.6 is 12.2 Å². The van der Waals surface area contributed by atoms with Gasteiger partial charge in [-0.05, 0) is 49.0 Å². The maximum absolute atomic E-state index is 11.4. The SMILES string of the molecule is O=[N+]([O-])c1ccccc1-c1ccc([C@@H]2[C@H](c3ccccn3)NC(=S)N2CCCO)o1. The van der Waals surface area contributed by atoms with Gasteiger partial charge >= 0.3 is 0 Å². The third kappa shape index (κ3) is 3.77. The van der Waals surface area contributed by atoms with E-state index in [1.54, 1.807) is 30.5 Å². The van der Waals surface area contributed by atoms with Crippen molar-refractivity contribution in [3.63, 3.8) is 0 Å². The first kappa shape index (κ1) is 20.0. The maximum atomic E-state index is 11.4. The first-order chi connectivity index (χ1) is 14.6. The number of hydrogen-bond donors (Lipinski definition) is 2. The zero-order valence-electron chi connectivity index (χ0n) is 16.0. The van der Waals surface area contributed by atoms with Crippen molar-refractivity contribution < 1.29 is 14.4 Å². The number of furan rings is 1. The second kappa shape index (κ2) is 8.60. The lowest BCUT2D eigenvalue weighted by Crippen LogP contribution is -2.30. The Hall–Kier alpha value is -3.30. The lowest BCUT2D eigenvalue weighted by Gasteiger charge is -2.25. The summed E-state index contributed by atoms with van der Waals surface area (Å²) in [7, 11) is 0. The van der Waals surface area contributed by atoms with Crippen LogP contribution in [0.5, 0.6) is 0 Å². The number of aliphatic hydroxyl groups excluding tert-OH is 1. The van der Waals surface area contributed by atoms with E-state index in [2.05, 4.69) is 10.3 Å². The summed E-state index contributed by atoms with van der Waals surface area (Å²) in [6, 6.07) is 15.1. The summed E-state index contributed by atoms with van der Waals surface area (Å²) in [6.45, 7) is 0.581. The number of nitrogens with zero attached hydrogens (tertiary/aromatic N) is 3. The van der Waals surface area contributed by atoms with Crippen LogP contribution in [0.15, 0.2) is 65.2 Å². The molecule has 2 N–H and O–H groups in total. The summed E-state index contributed by atoms with van der Waals surface area (Å²) in [5.41, 5.74) is 1.20. The number of thiocarbonyl (C=S) groups is 1. The molecule has 9 heteroatoms. The second-order valence-corrected chi connectivity index (χ2v) is 7.26. The molecule has 30 heavy (non-hydrogen) atoms. The van der Waals surface area contributed by atoms with Gasteiger partial charge in [0.1, 0.15) is 17.6 Å². The van der Waals surface area contributed by atoms with Crippen LogP contribution < -0.4 is 5.32 Å². The number of nitro benzene ring substituents is 1. The Morgan fingerprint density at radius 2 is 2.00 bits per heavy atom. The number of para-hydroxylation sites is 1. The third-order valence-electron chi connectivity index (χ3n) is 5.04. The Morgan fingerprint density at radius 3 is 2.73 bits per heavy atom. The lowest BCUT2D eigenvalue weighted by atomic mass is 10.0. The minimum absolute atomic E-state index is 0.0168. The van der Waals surface area contributed by atoms with Crippen molar-refractivity contribution in [2.75, 3.05) is 13.2 Å². The molecule has 0 aliphatic carbocycles. The van der Waals surface area contributed by atoms with Crippen LogP contribution in [-0.4, -0.2) is 38.2 Å². The van der Waals surface area contributed by atoms with Crippen LogP contribution in [0, 0.1) is 10.1 Å². The number of pyridine rings is 1. The first-order valence-corrected chi connectivity index (χ1v) is 9.93. The zero-order valence-corrected chi connectivity index (χ0v) is 16.8. The molecular weight excluding hydrogens is 404 g/mol. The van der Waals surface area contributed by atoms with E-state index in [9.17, 15) is 15.2 Å². The summed E-state index contributed by atoms with van der Waals surface area (Å²) in [6.07, 6.45) is 2.26. The average molecular weight is 424 g/mol. The second-order valence-electron chi connectivity index (χ2n) is 6.87. The summed E-state index contributed by atoms with van der Waals surface area (Å²) >= 11 is 5.54. The quantitative estimate of drug-likeness (QED) is 0.337. The Kier molecular flexibility index (Phi) is 5.73. The Labute approximate surface area is 178 Å². The molecule has 4 rings (SSSR count). The molecule has 0 amide bonds. The van der Waals surface area contributed by atoms with Gasteiger partial charge in [-0.1, -0.05) is 18.2 Å². The van der Waals surface area contributed by atoms with E-state index in [1.807, 2.05) is 29.2 Å². The Morgan fingerprint density at radius 1 is 1.20 bits per heavy atom. The highest BCUT2D eigenvalue weighted by atomic mass is 32.1. The van der Waals surface area contributed by atoms with Crippen molar-refractivity contribution >= 4 is 23.0 Å². The van der Waals surface area contributed by atoms with Crippen LogP contribution in [-0.2, 0) is 0 Å². The van der Waals surface area contributed by atoms with Gasteiger partial charge in [0.25, 0.3) is 5.69 Å². The largest absolute Gasteiger partial charge is 0.459 e. The molecule has 3 aromatic rings. The lowest BCUT2D eigenvalue weighted by molar-refractivity contribution is -0.384. The van der Waals surface area contributed by atoms with Gasteiger partial charge < -0.3 is 19.7 Å². The van der Waals surface area contributed by atoms with E-state index < -0.39 is 4.92 Å². The number of rotatable bonds is 7. The van der Waals surface area contributed by atoms with Gasteiger partial charge in [0, 0.05) is 25.4 Å². The van der Waals surface area contributed by atoms with Gasteiger partial charge in [0.15, 0.2) is 5.11 Å². The van der Waals surface area contributed by atoms with E-state index in [-0.39, 0.29) is 24.4 Å². The van der Waals surface area contributed by atoms with Crippen LogP contribution in [0.25, 0.3) is 11.3 Å². The minimum Gasteiger partial charge on any atom is -0.459 e. The van der Waals surface area contributed by atoms with Gasteiger partial charge in [0.05, 0.1) is 22.2 Å². The molecule has 0 spiro atoms. The predicted molar refractivity (Wildman–Crippen MR) is 115 cm³/mol. The smallest absolute Gasteiger partial charge is 0.280 e. The van der Waals surface area contributed by atoms with Gasteiger partial charge in [-0.15, -0.1) is 0 Å². The fraction of sp³-hybridized carbons (Fsp3) is 0.238. The highest BCUT2D eigenvalue weighted by Gasteiger charge is 2.41. The van der Waals surface area contributed by atoms with Crippen molar-refractivity contribution in [1.29, 1.82) is 0 Å². The minimum atomic E-state index is -0.423. The molecule has 0 unspecified atom stereocenters. The van der Waals surface area contributed by atoms with Crippen LogP contribution in [0.2, 0.25) is 0 Å². The molecular formula is C21H20N4O4S. The third-order valence-corrected chi connectivity index (χ3v) is 5.39. The van der Waals surface area contributed by atoms with E-state index in [0.29, 0.717) is 35.2 Å². The molecule has 2 aromatic heterocycles. The van der Waals surface area contributed by atoms with Crippen molar-refractivity contribution in [2.45, 2.75) is 18.5 Å². The predicted octanol–water partition coefficient (Wildman–Crippen LogP) is 3.60. The van der Waals surface area contributed by atoms with Crippen molar-refractivity contribution in [1.82, 2.24) is 15.2 Å². The molecule has 2 atom stereocenters. The van der Waals surface area contributed by atoms with Gasteiger partial charge in [-0.3, -0.25) is 15.1 Å². The van der Waals surface area contributed by atoms with Crippen molar-refractivity contribution in [2.24, 2.45) is 0 Å². The molecule has 1 aliphatic rings. The molecule has 1 aliphatic heterocycles. The normalized spacial score (nSPS) is 18.4. The summed E-state index contributed by atoms with van der Waals surface area (Å²) in [4.78, 5) is 17.4. The zero-order chi connectivity index (χ0) is 21.1. The Bertz CT molecular complexity index is 1060. The van der Waals surface area contributed by atoms with E-state index in [4.69, 9.17) is 16.6 Å². The van der Waals surface area contributed by atoms with E-state index in [1.165, 1.54) is 6.07 Å². The molecule has 0 radical (unpaired) electrons. The van der Waals surface area contributed by atoms with Crippen molar-refractivity contribution in [3.8, 4) is 11.3 Å². The fourth-order valence-electron chi connectivity index (χ4n) is 3.69. The standard InChI is InChI=1S/C21H20N4O4S/c26-13-5-12-24-20(19(23-21(24)30)15-7-3-4-11-22-15)18-10-9-17(29-18)14-6-1-2-8-16(14)25(27)28/h1-4,6-11,19-20,26H,5,12-13H2,(H,23,30)/t19-,20+/m0/s1. The Balaban J connectivity index is 1.74. The highest BCUT2D eigenvalue weighted by molar-refractivity contribution is 7.80. The van der Waals surface area contributed by atoms with Gasteiger partial charge in [-0.25, -0.2) is 0 Å². The number of aromatic nitrogens is 1. The van der Waals surface area contributed by atoms with E-state index >= 15 is 0 Å². The van der Waals surface area contributed by atoms with Crippen LogP contribution in [0.4, 0.5) is 5.69 Å². The highest BCUT2D eigenvalue weighted by Crippen LogP contribution is 2.41. The number of nitro groups is 1. The number of nitrogens with one attached hydrogen (secondary N) is 1. The van der Waals surface area contributed by atoms with E-state index in [0.717, 1.165) is 5.69 Å². The molecule has 0 saturated carbocycles. The van der Waals surface area contributed by atoms with Crippen molar-refractivity contribution in [3.05, 3.63) is 82.4 Å². The summed E-state index contributed by atoms with van der Waals surface area (Å²) < 4.78 is 6.12. The van der Waals surface area contributed by atoms with Gasteiger partial charge in [-0.2, -0.15) is 0 Å². The molecule has 1 fully saturated rings. The van der Waals surface area contributed by atoms with Crippen LogP contribution in [0.3, 0.4) is 0 Å². The average Bonchev–Trinajstić information content (AvgIpc) is 3.37. The van der Waals surface area contributed by atoms with Crippen LogP contribution in [0.1, 0.15) is 30.0 Å². The first-order valence-electron chi connectivity index (χ1n) is 9.52. The summed E-state index contributed by atoms with van der Waals surface area (Å²) in [5.74, 6) is 1.03. The topological polar surface area (TPSA) is 105 Å². The number of benzene rings is 1. The van der Waals surface area contributed by atoms with Gasteiger partial charge in [0.2, 0.25) is 0 Å². The fourth-order valence-corrected chi connectivity index (χ4v) is 4.03. The molecule has 1 saturated heterocycles. The molecule has 1 aromatic carbocycles. The summed E-state index contributed by atoms with van der Waals surface area (Å²) in [5, 5.41) is 24.6.